The molecule has 0 radical (unpaired) electrons. The molecule has 0 saturated carbocycles. The van der Waals surface area contributed by atoms with Crippen LogP contribution in [0.25, 0.3) is 0 Å². The van der Waals surface area contributed by atoms with Gasteiger partial charge in [-0.1, -0.05) is 0 Å². The predicted octanol–water partition coefficient (Wildman–Crippen LogP) is 3.53. The molecule has 2 heterocycles. The van der Waals surface area contributed by atoms with Gasteiger partial charge in [-0.05, 0) is 54.9 Å². The summed E-state index contributed by atoms with van der Waals surface area (Å²) in [7, 11) is 0. The minimum atomic E-state index is -0.124. The molecule has 0 fully saturated rings. The normalized spacial score (nSPS) is 10.5. The van der Waals surface area contributed by atoms with Crippen molar-refractivity contribution >= 4 is 27.5 Å². The van der Waals surface area contributed by atoms with E-state index in [0.717, 1.165) is 28.1 Å². The maximum Gasteiger partial charge on any atom is 0.272 e. The van der Waals surface area contributed by atoms with Crippen LogP contribution in [0.3, 0.4) is 0 Å². The molecule has 0 aliphatic rings. The Labute approximate surface area is 121 Å². The average Bonchev–Trinajstić information content (AvgIpc) is 2.74. The minimum Gasteiger partial charge on any atom is -0.343 e. The molecule has 1 amide bonds. The molecule has 0 spiro atoms. The van der Waals surface area contributed by atoms with Gasteiger partial charge < -0.3 is 9.88 Å². The lowest BCUT2D eigenvalue weighted by Crippen LogP contribution is -2.17. The molecule has 1 N–H and O–H groups in total. The fraction of sp³-hybridized carbons (Fsp3) is 0.286. The summed E-state index contributed by atoms with van der Waals surface area (Å²) in [4.78, 5) is 16.6. The molecule has 2 aromatic heterocycles. The van der Waals surface area contributed by atoms with Crippen molar-refractivity contribution in [2.24, 2.45) is 0 Å². The van der Waals surface area contributed by atoms with Crippen LogP contribution in [0, 0.1) is 13.8 Å². The van der Waals surface area contributed by atoms with Crippen LogP contribution >= 0.6 is 15.9 Å². The minimum absolute atomic E-state index is 0.124. The molecular weight excluding hydrogens is 306 g/mol. The van der Waals surface area contributed by atoms with Crippen molar-refractivity contribution in [1.82, 2.24) is 9.55 Å². The number of hydrogen-bond donors (Lipinski definition) is 1. The third kappa shape index (κ3) is 3.04. The monoisotopic (exact) mass is 321 g/mol. The maximum atomic E-state index is 12.3. The van der Waals surface area contributed by atoms with Gasteiger partial charge in [0, 0.05) is 22.9 Å². The Morgan fingerprint density at radius 2 is 2.16 bits per heavy atom. The Balaban J connectivity index is 2.25. The first-order valence-corrected chi connectivity index (χ1v) is 6.92. The van der Waals surface area contributed by atoms with Crippen LogP contribution in [0.1, 0.15) is 28.8 Å². The Morgan fingerprint density at radius 1 is 1.42 bits per heavy atom. The largest absolute Gasteiger partial charge is 0.343 e. The molecule has 0 aromatic carbocycles. The van der Waals surface area contributed by atoms with Gasteiger partial charge >= 0.3 is 0 Å². The van der Waals surface area contributed by atoms with E-state index in [1.165, 1.54) is 0 Å². The summed E-state index contributed by atoms with van der Waals surface area (Å²) in [6.07, 6.45) is 1.90. The number of anilines is 1. The predicted molar refractivity (Wildman–Crippen MR) is 79.5 cm³/mol. The van der Waals surface area contributed by atoms with Gasteiger partial charge in [-0.2, -0.15) is 0 Å². The second-order valence-electron chi connectivity index (χ2n) is 4.37. The first kappa shape index (κ1) is 13.8. The van der Waals surface area contributed by atoms with Crippen LogP contribution in [0.2, 0.25) is 0 Å². The standard InChI is InChI=1S/C14H16BrN3O/c1-4-18-8-11(15)7-13(18)14(19)17-12-6-5-9(2)16-10(12)3/h5-8H,4H2,1-3H3,(H,17,19). The van der Waals surface area contributed by atoms with Gasteiger partial charge in [0.15, 0.2) is 0 Å². The Morgan fingerprint density at radius 3 is 2.79 bits per heavy atom. The summed E-state index contributed by atoms with van der Waals surface area (Å²) in [6.45, 7) is 6.57. The first-order valence-electron chi connectivity index (χ1n) is 6.12. The lowest BCUT2D eigenvalue weighted by molar-refractivity contribution is 0.101. The van der Waals surface area contributed by atoms with Crippen molar-refractivity contribution in [3.8, 4) is 0 Å². The van der Waals surface area contributed by atoms with Gasteiger partial charge in [0.25, 0.3) is 5.91 Å². The van der Waals surface area contributed by atoms with E-state index in [2.05, 4.69) is 26.2 Å². The number of aromatic nitrogens is 2. The Hall–Kier alpha value is -1.62. The zero-order chi connectivity index (χ0) is 14.0. The van der Waals surface area contributed by atoms with Crippen LogP contribution in [-0.2, 0) is 6.54 Å². The quantitative estimate of drug-likeness (QED) is 0.939. The van der Waals surface area contributed by atoms with Crippen LogP contribution in [0.4, 0.5) is 5.69 Å². The van der Waals surface area contributed by atoms with Gasteiger partial charge in [0.2, 0.25) is 0 Å². The van der Waals surface area contributed by atoms with Gasteiger partial charge in [-0.15, -0.1) is 0 Å². The Bertz CT molecular complexity index is 619. The van der Waals surface area contributed by atoms with Crippen molar-refractivity contribution < 1.29 is 4.79 Å². The van der Waals surface area contributed by atoms with Crippen molar-refractivity contribution in [3.63, 3.8) is 0 Å². The third-order valence-corrected chi connectivity index (χ3v) is 3.34. The third-order valence-electron chi connectivity index (χ3n) is 2.91. The molecule has 100 valence electrons. The van der Waals surface area contributed by atoms with Crippen molar-refractivity contribution in [1.29, 1.82) is 0 Å². The summed E-state index contributed by atoms with van der Waals surface area (Å²) in [5.74, 6) is -0.124. The lowest BCUT2D eigenvalue weighted by atomic mass is 10.2. The molecule has 0 saturated heterocycles. The molecule has 0 aliphatic carbocycles. The molecular formula is C14H16BrN3O. The summed E-state index contributed by atoms with van der Waals surface area (Å²) >= 11 is 3.39. The second-order valence-corrected chi connectivity index (χ2v) is 5.28. The second kappa shape index (κ2) is 5.57. The number of aryl methyl sites for hydroxylation is 3. The number of pyridine rings is 1. The summed E-state index contributed by atoms with van der Waals surface area (Å²) < 4.78 is 2.80. The van der Waals surface area contributed by atoms with Crippen LogP contribution in [-0.4, -0.2) is 15.5 Å². The summed E-state index contributed by atoms with van der Waals surface area (Å²) in [5.41, 5.74) is 3.14. The first-order chi connectivity index (χ1) is 9.01. The SMILES string of the molecule is CCn1cc(Br)cc1C(=O)Nc1ccc(C)nc1C. The van der Waals surface area contributed by atoms with Crippen LogP contribution in [0.15, 0.2) is 28.9 Å². The van der Waals surface area contributed by atoms with Gasteiger partial charge in [-0.3, -0.25) is 9.78 Å². The average molecular weight is 322 g/mol. The van der Waals surface area contributed by atoms with E-state index in [4.69, 9.17) is 0 Å². The number of carbonyl (C=O) groups is 1. The zero-order valence-electron chi connectivity index (χ0n) is 11.2. The highest BCUT2D eigenvalue weighted by Crippen LogP contribution is 2.18. The van der Waals surface area contributed by atoms with Gasteiger partial charge in [-0.25, -0.2) is 0 Å². The van der Waals surface area contributed by atoms with Gasteiger partial charge in [0.05, 0.1) is 11.4 Å². The molecule has 0 atom stereocenters. The van der Waals surface area contributed by atoms with E-state index in [-0.39, 0.29) is 5.91 Å². The van der Waals surface area contributed by atoms with E-state index in [9.17, 15) is 4.79 Å². The van der Waals surface area contributed by atoms with E-state index in [1.807, 2.05) is 49.7 Å². The molecule has 5 heteroatoms. The van der Waals surface area contributed by atoms with E-state index in [0.29, 0.717) is 5.69 Å². The highest BCUT2D eigenvalue weighted by molar-refractivity contribution is 9.10. The van der Waals surface area contributed by atoms with E-state index >= 15 is 0 Å². The number of rotatable bonds is 3. The number of carbonyl (C=O) groups excluding carboxylic acids is 1. The molecule has 4 nitrogen and oxygen atoms in total. The van der Waals surface area contributed by atoms with Crippen molar-refractivity contribution in [3.05, 3.63) is 46.0 Å². The molecule has 2 rings (SSSR count). The number of nitrogens with zero attached hydrogens (tertiary/aromatic N) is 2. The van der Waals surface area contributed by atoms with Crippen molar-refractivity contribution in [2.75, 3.05) is 5.32 Å². The van der Waals surface area contributed by atoms with Crippen molar-refractivity contribution in [2.45, 2.75) is 27.3 Å². The highest BCUT2D eigenvalue weighted by Gasteiger charge is 2.13. The molecule has 2 aromatic rings. The number of amides is 1. The smallest absolute Gasteiger partial charge is 0.272 e. The maximum absolute atomic E-state index is 12.3. The van der Waals surface area contributed by atoms with E-state index < -0.39 is 0 Å². The van der Waals surface area contributed by atoms with Crippen LogP contribution < -0.4 is 5.32 Å². The number of halogens is 1. The fourth-order valence-electron chi connectivity index (χ4n) is 1.93. The van der Waals surface area contributed by atoms with E-state index in [1.54, 1.807) is 0 Å². The summed E-state index contributed by atoms with van der Waals surface area (Å²) in [6, 6.07) is 5.58. The molecule has 19 heavy (non-hydrogen) atoms. The fourth-order valence-corrected chi connectivity index (χ4v) is 2.40. The number of nitrogens with one attached hydrogen (secondary N) is 1. The molecule has 0 unspecified atom stereocenters. The lowest BCUT2D eigenvalue weighted by Gasteiger charge is -2.09. The topological polar surface area (TPSA) is 46.9 Å². The zero-order valence-corrected chi connectivity index (χ0v) is 12.8. The highest BCUT2D eigenvalue weighted by atomic mass is 79.9. The van der Waals surface area contributed by atoms with Gasteiger partial charge in [0.1, 0.15) is 5.69 Å². The molecule has 0 aliphatic heterocycles. The summed E-state index contributed by atoms with van der Waals surface area (Å²) in [5, 5.41) is 2.90. The van der Waals surface area contributed by atoms with Crippen LogP contribution in [0.5, 0.6) is 0 Å². The number of hydrogen-bond acceptors (Lipinski definition) is 2. The Kier molecular flexibility index (Phi) is 4.04. The molecule has 0 bridgehead atoms.